The van der Waals surface area contributed by atoms with Crippen LogP contribution >= 0.6 is 0 Å². The first-order valence-corrected chi connectivity index (χ1v) is 11.0. The van der Waals surface area contributed by atoms with Gasteiger partial charge in [0.05, 0.1) is 18.9 Å². The number of benzene rings is 1. The summed E-state index contributed by atoms with van der Waals surface area (Å²) in [6, 6.07) is 6.08. The molecule has 1 aliphatic heterocycles. The van der Waals surface area contributed by atoms with Crippen molar-refractivity contribution in [2.24, 2.45) is 16.9 Å². The number of rotatable bonds is 9. The van der Waals surface area contributed by atoms with Gasteiger partial charge in [-0.3, -0.25) is 4.79 Å². The van der Waals surface area contributed by atoms with Crippen molar-refractivity contribution in [2.75, 3.05) is 19.8 Å². The lowest BCUT2D eigenvalue weighted by atomic mass is 9.73. The van der Waals surface area contributed by atoms with Crippen LogP contribution in [0, 0.1) is 11.8 Å². The quantitative estimate of drug-likeness (QED) is 0.560. The fourth-order valence-corrected chi connectivity index (χ4v) is 4.35. The van der Waals surface area contributed by atoms with Gasteiger partial charge in [-0.1, -0.05) is 32.6 Å². The molecule has 28 heavy (non-hydrogen) atoms. The maximum atomic E-state index is 13.0. The van der Waals surface area contributed by atoms with Gasteiger partial charge in [0, 0.05) is 23.9 Å². The van der Waals surface area contributed by atoms with Gasteiger partial charge >= 0.3 is 0 Å². The first-order valence-electron chi connectivity index (χ1n) is 11.0. The van der Waals surface area contributed by atoms with Crippen molar-refractivity contribution in [1.29, 1.82) is 0 Å². The van der Waals surface area contributed by atoms with Crippen molar-refractivity contribution >= 4 is 11.6 Å². The van der Waals surface area contributed by atoms with E-state index in [2.05, 4.69) is 13.0 Å². The van der Waals surface area contributed by atoms with Gasteiger partial charge in [-0.15, -0.1) is 0 Å². The summed E-state index contributed by atoms with van der Waals surface area (Å²) in [5.74, 6) is 2.04. The van der Waals surface area contributed by atoms with Gasteiger partial charge in [-0.25, -0.2) is 5.01 Å². The van der Waals surface area contributed by atoms with Gasteiger partial charge in [0.15, 0.2) is 11.5 Å². The Labute approximate surface area is 169 Å². The second-order valence-electron chi connectivity index (χ2n) is 7.68. The summed E-state index contributed by atoms with van der Waals surface area (Å²) >= 11 is 0. The number of amides is 1. The van der Waals surface area contributed by atoms with E-state index in [1.165, 1.54) is 6.42 Å². The molecule has 0 spiro atoms. The second kappa shape index (κ2) is 9.94. The molecule has 154 valence electrons. The number of nitrogens with zero attached hydrogens (tertiary/aromatic N) is 2. The summed E-state index contributed by atoms with van der Waals surface area (Å²) in [4.78, 5) is 13.0. The van der Waals surface area contributed by atoms with Crippen LogP contribution in [0.25, 0.3) is 0 Å². The zero-order chi connectivity index (χ0) is 19.9. The Hall–Kier alpha value is -2.04. The molecule has 0 unspecified atom stereocenters. The molecule has 0 radical (unpaired) electrons. The maximum absolute atomic E-state index is 13.0. The van der Waals surface area contributed by atoms with Crippen molar-refractivity contribution in [3.8, 4) is 11.5 Å². The van der Waals surface area contributed by atoms with E-state index in [9.17, 15) is 4.79 Å². The average Bonchev–Trinajstić information content (AvgIpc) is 2.72. The van der Waals surface area contributed by atoms with E-state index >= 15 is 0 Å². The molecule has 1 saturated carbocycles. The minimum Gasteiger partial charge on any atom is -0.490 e. The third-order valence-electron chi connectivity index (χ3n) is 5.73. The summed E-state index contributed by atoms with van der Waals surface area (Å²) < 4.78 is 11.5. The maximum Gasteiger partial charge on any atom is 0.246 e. The highest BCUT2D eigenvalue weighted by Gasteiger charge is 2.41. The van der Waals surface area contributed by atoms with Gasteiger partial charge in [0.25, 0.3) is 0 Å². The molecule has 1 heterocycles. The van der Waals surface area contributed by atoms with Crippen LogP contribution in [0.3, 0.4) is 0 Å². The highest BCUT2D eigenvalue weighted by molar-refractivity contribution is 6.07. The lowest BCUT2D eigenvalue weighted by molar-refractivity contribution is -0.139. The zero-order valence-electron chi connectivity index (χ0n) is 17.6. The number of hydrazone groups is 1. The highest BCUT2D eigenvalue weighted by atomic mass is 16.5. The van der Waals surface area contributed by atoms with E-state index in [0.29, 0.717) is 13.2 Å². The number of carbonyl (C=O) groups excluding carboxylic acids is 1. The predicted octanol–water partition coefficient (Wildman–Crippen LogP) is 5.03. The Morgan fingerprint density at radius 1 is 1.00 bits per heavy atom. The lowest BCUT2D eigenvalue weighted by Crippen LogP contribution is -2.46. The minimum absolute atomic E-state index is 0.0741. The monoisotopic (exact) mass is 386 g/mol. The van der Waals surface area contributed by atoms with Crippen LogP contribution in [0.15, 0.2) is 23.3 Å². The molecule has 1 amide bonds. The Bertz CT molecular complexity index is 701. The summed E-state index contributed by atoms with van der Waals surface area (Å²) in [5.41, 5.74) is 2.10. The molecular weight excluding hydrogens is 352 g/mol. The molecule has 0 bridgehead atoms. The number of hydrogen-bond donors (Lipinski definition) is 0. The van der Waals surface area contributed by atoms with Crippen LogP contribution in [0.1, 0.15) is 71.3 Å². The first kappa shape index (κ1) is 20.7. The van der Waals surface area contributed by atoms with Crippen molar-refractivity contribution in [3.05, 3.63) is 23.8 Å². The predicted molar refractivity (Wildman–Crippen MR) is 112 cm³/mol. The number of ether oxygens (including phenoxy) is 2. The summed E-state index contributed by atoms with van der Waals surface area (Å²) in [5, 5.41) is 6.61. The van der Waals surface area contributed by atoms with Gasteiger partial charge < -0.3 is 9.47 Å². The van der Waals surface area contributed by atoms with E-state index in [1.807, 2.05) is 26.0 Å². The van der Waals surface area contributed by atoms with E-state index in [1.54, 1.807) is 5.01 Å². The molecule has 1 fully saturated rings. The van der Waals surface area contributed by atoms with Crippen molar-refractivity contribution in [2.45, 2.75) is 65.7 Å². The third kappa shape index (κ3) is 4.50. The SMILES string of the molecule is CCCCCN1N=C(c2ccc(OCC)c(OCC)c2)[C@H]2CCCC[C@H]2C1=O. The summed E-state index contributed by atoms with van der Waals surface area (Å²) in [7, 11) is 0. The Morgan fingerprint density at radius 2 is 1.71 bits per heavy atom. The van der Waals surface area contributed by atoms with Crippen LogP contribution < -0.4 is 9.47 Å². The lowest BCUT2D eigenvalue weighted by Gasteiger charge is -2.38. The Balaban J connectivity index is 1.94. The molecule has 0 aromatic heterocycles. The second-order valence-corrected chi connectivity index (χ2v) is 7.68. The van der Waals surface area contributed by atoms with Gasteiger partial charge in [-0.2, -0.15) is 5.10 Å². The number of carbonyl (C=O) groups is 1. The number of hydrogen-bond acceptors (Lipinski definition) is 4. The van der Waals surface area contributed by atoms with Crippen molar-refractivity contribution in [3.63, 3.8) is 0 Å². The van der Waals surface area contributed by atoms with E-state index < -0.39 is 0 Å². The number of unbranched alkanes of at least 4 members (excludes halogenated alkanes) is 2. The van der Waals surface area contributed by atoms with Crippen LogP contribution in [0.4, 0.5) is 0 Å². The van der Waals surface area contributed by atoms with Crippen LogP contribution in [0.2, 0.25) is 0 Å². The van der Waals surface area contributed by atoms with E-state index in [4.69, 9.17) is 14.6 Å². The van der Waals surface area contributed by atoms with Gasteiger partial charge in [0.2, 0.25) is 5.91 Å². The molecule has 0 saturated heterocycles. The van der Waals surface area contributed by atoms with E-state index in [-0.39, 0.29) is 17.7 Å². The van der Waals surface area contributed by atoms with Crippen LogP contribution in [-0.2, 0) is 4.79 Å². The van der Waals surface area contributed by atoms with Gasteiger partial charge in [0.1, 0.15) is 0 Å². The summed E-state index contributed by atoms with van der Waals surface area (Å²) in [6.07, 6.45) is 7.58. The largest absolute Gasteiger partial charge is 0.490 e. The van der Waals surface area contributed by atoms with Crippen molar-refractivity contribution in [1.82, 2.24) is 5.01 Å². The molecule has 2 atom stereocenters. The molecule has 5 nitrogen and oxygen atoms in total. The standard InChI is InChI=1S/C23H34N2O3/c1-4-7-10-15-25-23(26)19-12-9-8-11-18(19)22(24-25)17-13-14-20(27-5-2)21(16-17)28-6-3/h13-14,16,18-19H,4-12,15H2,1-3H3/t18-,19+/m0/s1. The molecule has 2 aliphatic rings. The third-order valence-corrected chi connectivity index (χ3v) is 5.73. The van der Waals surface area contributed by atoms with Crippen LogP contribution in [-0.4, -0.2) is 36.4 Å². The molecule has 3 rings (SSSR count). The Morgan fingerprint density at radius 3 is 2.43 bits per heavy atom. The first-order chi connectivity index (χ1) is 13.7. The fraction of sp³-hybridized carbons (Fsp3) is 0.652. The summed E-state index contributed by atoms with van der Waals surface area (Å²) in [6.45, 7) is 8.04. The van der Waals surface area contributed by atoms with Gasteiger partial charge in [-0.05, 0) is 51.3 Å². The van der Waals surface area contributed by atoms with Crippen molar-refractivity contribution < 1.29 is 14.3 Å². The smallest absolute Gasteiger partial charge is 0.246 e. The minimum atomic E-state index is 0.0741. The zero-order valence-corrected chi connectivity index (χ0v) is 17.6. The number of fused-ring (bicyclic) bond motifs is 1. The molecule has 1 aromatic rings. The fourth-order valence-electron chi connectivity index (χ4n) is 4.35. The molecule has 0 N–H and O–H groups in total. The molecule has 1 aliphatic carbocycles. The Kier molecular flexibility index (Phi) is 7.35. The normalized spacial score (nSPS) is 21.9. The van der Waals surface area contributed by atoms with E-state index in [0.717, 1.165) is 67.8 Å². The topological polar surface area (TPSA) is 51.1 Å². The average molecular weight is 387 g/mol. The van der Waals surface area contributed by atoms with Crippen LogP contribution in [0.5, 0.6) is 11.5 Å². The molecule has 1 aromatic carbocycles. The highest BCUT2D eigenvalue weighted by Crippen LogP contribution is 2.39. The molecular formula is C23H34N2O3. The molecule has 5 heteroatoms.